The van der Waals surface area contributed by atoms with E-state index in [0.717, 1.165) is 0 Å². The number of sulfonamides is 1. The monoisotopic (exact) mass is 394 g/mol. The van der Waals surface area contributed by atoms with E-state index in [1.54, 1.807) is 13.0 Å². The summed E-state index contributed by atoms with van der Waals surface area (Å²) in [6, 6.07) is 8.86. The summed E-state index contributed by atoms with van der Waals surface area (Å²) in [5.41, 5.74) is 1.19. The third-order valence-electron chi connectivity index (χ3n) is 3.54. The lowest BCUT2D eigenvalue weighted by molar-refractivity contribution is 0.0958. The van der Waals surface area contributed by atoms with Gasteiger partial charge in [0, 0.05) is 23.2 Å². The van der Waals surface area contributed by atoms with E-state index >= 15 is 0 Å². The number of halogens is 1. The number of carbonyl (C=O) groups is 1. The first-order chi connectivity index (χ1) is 12.3. The van der Waals surface area contributed by atoms with Gasteiger partial charge in [0.05, 0.1) is 17.7 Å². The molecule has 138 valence electrons. The van der Waals surface area contributed by atoms with Gasteiger partial charge >= 0.3 is 0 Å². The maximum Gasteiger partial charge on any atom is 0.262 e. The molecule has 1 amide bonds. The molecule has 2 aromatic rings. The zero-order chi connectivity index (χ0) is 19.3. The van der Waals surface area contributed by atoms with E-state index < -0.39 is 10.0 Å². The van der Waals surface area contributed by atoms with Gasteiger partial charge in [0.1, 0.15) is 5.75 Å². The average Bonchev–Trinajstić information content (AvgIpc) is 2.62. The number of nitrogens with one attached hydrogen (secondary N) is 2. The normalized spacial score (nSPS) is 10.9. The Balaban J connectivity index is 2.35. The first-order valence-electron chi connectivity index (χ1n) is 7.64. The number of hydrogen-bond acceptors (Lipinski definition) is 4. The molecule has 0 aromatic heterocycles. The first-order valence-corrected chi connectivity index (χ1v) is 9.50. The molecule has 26 heavy (non-hydrogen) atoms. The van der Waals surface area contributed by atoms with Crippen molar-refractivity contribution in [2.75, 3.05) is 18.4 Å². The standard InChI is InChI=1S/C18H19ClN2O4S/c1-4-8-20-18(22)13-6-5-7-14(10-13)26(23,24)21-16-9-12(2)15(19)11-17(16)25-3/h4-7,9-11,21H,1,8H2,2-3H3,(H,20,22). The number of carbonyl (C=O) groups excluding carboxylic acids is 1. The van der Waals surface area contributed by atoms with Crippen molar-refractivity contribution in [1.29, 1.82) is 0 Å². The van der Waals surface area contributed by atoms with Crippen LogP contribution in [-0.2, 0) is 10.0 Å². The van der Waals surface area contributed by atoms with Crippen LogP contribution < -0.4 is 14.8 Å². The SMILES string of the molecule is C=CCNC(=O)c1cccc(S(=O)(=O)Nc2cc(C)c(Cl)cc2OC)c1. The molecule has 0 aliphatic heterocycles. The van der Waals surface area contributed by atoms with Gasteiger partial charge in [-0.1, -0.05) is 23.7 Å². The minimum atomic E-state index is -3.93. The van der Waals surface area contributed by atoms with Crippen LogP contribution in [0.15, 0.2) is 53.9 Å². The Morgan fingerprint density at radius 1 is 1.31 bits per heavy atom. The molecule has 2 rings (SSSR count). The number of anilines is 1. The minimum Gasteiger partial charge on any atom is -0.495 e. The molecule has 0 aliphatic carbocycles. The van der Waals surface area contributed by atoms with E-state index in [2.05, 4.69) is 16.6 Å². The quantitative estimate of drug-likeness (QED) is 0.705. The second kappa shape index (κ2) is 8.25. The Bertz CT molecular complexity index is 942. The van der Waals surface area contributed by atoms with Gasteiger partial charge in [-0.2, -0.15) is 0 Å². The van der Waals surface area contributed by atoms with Crippen molar-refractivity contribution in [3.63, 3.8) is 0 Å². The van der Waals surface area contributed by atoms with E-state index in [-0.39, 0.29) is 28.6 Å². The van der Waals surface area contributed by atoms with Crippen LogP contribution in [0.1, 0.15) is 15.9 Å². The van der Waals surface area contributed by atoms with E-state index in [4.69, 9.17) is 16.3 Å². The second-order valence-electron chi connectivity index (χ2n) is 5.43. The van der Waals surface area contributed by atoms with Crippen LogP contribution in [-0.4, -0.2) is 28.0 Å². The van der Waals surface area contributed by atoms with Crippen molar-refractivity contribution in [3.05, 3.63) is 65.2 Å². The molecule has 8 heteroatoms. The van der Waals surface area contributed by atoms with E-state index in [1.807, 2.05) is 0 Å². The Hall–Kier alpha value is -2.51. The molecule has 6 nitrogen and oxygen atoms in total. The number of amides is 1. The number of rotatable bonds is 7. The van der Waals surface area contributed by atoms with Crippen molar-refractivity contribution in [3.8, 4) is 5.75 Å². The molecule has 0 unspecified atom stereocenters. The Morgan fingerprint density at radius 2 is 2.04 bits per heavy atom. The molecule has 0 aliphatic rings. The zero-order valence-electron chi connectivity index (χ0n) is 14.4. The summed E-state index contributed by atoms with van der Waals surface area (Å²) in [6.07, 6.45) is 1.54. The Kier molecular flexibility index (Phi) is 6.28. The lowest BCUT2D eigenvalue weighted by Gasteiger charge is -2.14. The molecule has 0 saturated heterocycles. The summed E-state index contributed by atoms with van der Waals surface area (Å²) in [5, 5.41) is 3.07. The molecule has 0 atom stereocenters. The summed E-state index contributed by atoms with van der Waals surface area (Å²) in [6.45, 7) is 5.56. The largest absolute Gasteiger partial charge is 0.495 e. The molecule has 0 spiro atoms. The highest BCUT2D eigenvalue weighted by atomic mass is 35.5. The molecule has 0 bridgehead atoms. The van der Waals surface area contributed by atoms with E-state index in [1.165, 1.54) is 43.5 Å². The first kappa shape index (κ1) is 19.8. The molecule has 0 fully saturated rings. The van der Waals surface area contributed by atoms with Crippen molar-refractivity contribution in [2.45, 2.75) is 11.8 Å². The Labute approximate surface area is 157 Å². The van der Waals surface area contributed by atoms with Crippen LogP contribution in [0.25, 0.3) is 0 Å². The fourth-order valence-electron chi connectivity index (χ4n) is 2.19. The third kappa shape index (κ3) is 4.56. The van der Waals surface area contributed by atoms with Gasteiger partial charge in [0.25, 0.3) is 15.9 Å². The van der Waals surface area contributed by atoms with Gasteiger partial charge < -0.3 is 10.1 Å². The highest BCUT2D eigenvalue weighted by molar-refractivity contribution is 7.92. The van der Waals surface area contributed by atoms with Gasteiger partial charge in [0.2, 0.25) is 0 Å². The minimum absolute atomic E-state index is 0.0431. The van der Waals surface area contributed by atoms with Crippen molar-refractivity contribution in [2.24, 2.45) is 0 Å². The van der Waals surface area contributed by atoms with Crippen molar-refractivity contribution >= 4 is 33.2 Å². The molecular formula is C18H19ClN2O4S. The predicted octanol–water partition coefficient (Wildman–Crippen LogP) is 3.37. The fourth-order valence-corrected chi connectivity index (χ4v) is 3.45. The molecule has 0 heterocycles. The topological polar surface area (TPSA) is 84.5 Å². The summed E-state index contributed by atoms with van der Waals surface area (Å²) in [5.74, 6) is -0.0917. The summed E-state index contributed by atoms with van der Waals surface area (Å²) in [7, 11) is -2.51. The molecule has 0 saturated carbocycles. The van der Waals surface area contributed by atoms with Crippen molar-refractivity contribution in [1.82, 2.24) is 5.32 Å². The number of hydrogen-bond donors (Lipinski definition) is 2. The molecule has 2 aromatic carbocycles. The number of ether oxygens (including phenoxy) is 1. The molecule has 2 N–H and O–H groups in total. The van der Waals surface area contributed by atoms with Crippen LogP contribution in [0.4, 0.5) is 5.69 Å². The molecule has 0 radical (unpaired) electrons. The summed E-state index contributed by atoms with van der Waals surface area (Å²) >= 11 is 6.04. The third-order valence-corrected chi connectivity index (χ3v) is 5.31. The average molecular weight is 395 g/mol. The maximum atomic E-state index is 12.7. The van der Waals surface area contributed by atoms with Crippen LogP contribution in [0, 0.1) is 6.92 Å². The summed E-state index contributed by atoms with van der Waals surface area (Å²) < 4.78 is 33.1. The maximum absolute atomic E-state index is 12.7. The van der Waals surface area contributed by atoms with Gasteiger partial charge in [-0.25, -0.2) is 8.42 Å². The number of methoxy groups -OCH3 is 1. The number of aryl methyl sites for hydroxylation is 1. The van der Waals surface area contributed by atoms with Crippen molar-refractivity contribution < 1.29 is 17.9 Å². The highest BCUT2D eigenvalue weighted by Crippen LogP contribution is 2.32. The Morgan fingerprint density at radius 3 is 2.69 bits per heavy atom. The zero-order valence-corrected chi connectivity index (χ0v) is 15.9. The molecular weight excluding hydrogens is 376 g/mol. The number of benzene rings is 2. The van der Waals surface area contributed by atoms with Crippen LogP contribution >= 0.6 is 11.6 Å². The van der Waals surface area contributed by atoms with Crippen LogP contribution in [0.3, 0.4) is 0 Å². The van der Waals surface area contributed by atoms with Gasteiger partial charge in [-0.15, -0.1) is 6.58 Å². The highest BCUT2D eigenvalue weighted by Gasteiger charge is 2.19. The van der Waals surface area contributed by atoms with Gasteiger partial charge in [0.15, 0.2) is 0 Å². The van der Waals surface area contributed by atoms with Crippen LogP contribution in [0.2, 0.25) is 5.02 Å². The second-order valence-corrected chi connectivity index (χ2v) is 7.52. The summed E-state index contributed by atoms with van der Waals surface area (Å²) in [4.78, 5) is 12.0. The van der Waals surface area contributed by atoms with E-state index in [0.29, 0.717) is 16.3 Å². The lowest BCUT2D eigenvalue weighted by atomic mass is 10.2. The van der Waals surface area contributed by atoms with E-state index in [9.17, 15) is 13.2 Å². The van der Waals surface area contributed by atoms with Gasteiger partial charge in [-0.05, 0) is 36.8 Å². The smallest absolute Gasteiger partial charge is 0.262 e. The van der Waals surface area contributed by atoms with Gasteiger partial charge in [-0.3, -0.25) is 9.52 Å². The lowest BCUT2D eigenvalue weighted by Crippen LogP contribution is -2.23. The fraction of sp³-hybridized carbons (Fsp3) is 0.167. The van der Waals surface area contributed by atoms with Crippen LogP contribution in [0.5, 0.6) is 5.75 Å². The predicted molar refractivity (Wildman–Crippen MR) is 103 cm³/mol.